The van der Waals surface area contributed by atoms with Gasteiger partial charge in [0.25, 0.3) is 0 Å². The molecule has 0 fully saturated rings. The van der Waals surface area contributed by atoms with Crippen LogP contribution >= 0.6 is 11.3 Å². The van der Waals surface area contributed by atoms with Gasteiger partial charge in [-0.25, -0.2) is 4.79 Å². The highest BCUT2D eigenvalue weighted by Gasteiger charge is 2.07. The number of thiophene rings is 1. The largest absolute Gasteiger partial charge is 0.464 e. The lowest BCUT2D eigenvalue weighted by molar-refractivity contribution is -0.142. The Hall–Kier alpha value is -1.56. The van der Waals surface area contributed by atoms with E-state index in [4.69, 9.17) is 9.47 Å². The zero-order valence-corrected chi connectivity index (χ0v) is 11.8. The number of amides is 1. The Balaban J connectivity index is 2.02. The third-order valence-electron chi connectivity index (χ3n) is 2.34. The summed E-state index contributed by atoms with van der Waals surface area (Å²) in [6.45, 7) is 2.55. The molecule has 5 nitrogen and oxygen atoms in total. The molecule has 1 N–H and O–H groups in total. The lowest BCUT2D eigenvalue weighted by atomic mass is 10.3. The first kappa shape index (κ1) is 15.5. The number of carbonyl (C=O) groups excluding carboxylic acids is 2. The van der Waals surface area contributed by atoms with E-state index < -0.39 is 12.1 Å². The summed E-state index contributed by atoms with van der Waals surface area (Å²) in [6, 6.07) is 1.98. The SMILES string of the molecule is CCCCOC(=O)CNC(=O)OCCc1ccsc1. The monoisotopic (exact) mass is 285 g/mol. The molecule has 106 valence electrons. The van der Waals surface area contributed by atoms with Gasteiger partial charge >= 0.3 is 12.1 Å². The molecule has 0 spiro atoms. The fraction of sp³-hybridized carbons (Fsp3) is 0.538. The van der Waals surface area contributed by atoms with Crippen LogP contribution in [0.5, 0.6) is 0 Å². The van der Waals surface area contributed by atoms with Gasteiger partial charge in [0, 0.05) is 6.42 Å². The van der Waals surface area contributed by atoms with Gasteiger partial charge in [-0.1, -0.05) is 13.3 Å². The van der Waals surface area contributed by atoms with E-state index in [0.717, 1.165) is 18.4 Å². The zero-order chi connectivity index (χ0) is 13.9. The molecule has 6 heteroatoms. The van der Waals surface area contributed by atoms with Crippen molar-refractivity contribution < 1.29 is 19.1 Å². The molecule has 1 aromatic rings. The Morgan fingerprint density at radius 1 is 1.32 bits per heavy atom. The summed E-state index contributed by atoms with van der Waals surface area (Å²) in [6.07, 6.45) is 1.88. The van der Waals surface area contributed by atoms with Crippen LogP contribution in [-0.2, 0) is 20.7 Å². The number of alkyl carbamates (subject to hydrolysis) is 1. The molecule has 0 unspecified atom stereocenters. The lowest BCUT2D eigenvalue weighted by Crippen LogP contribution is -2.31. The van der Waals surface area contributed by atoms with Crippen molar-refractivity contribution in [3.05, 3.63) is 22.4 Å². The van der Waals surface area contributed by atoms with Crippen molar-refractivity contribution >= 4 is 23.4 Å². The summed E-state index contributed by atoms with van der Waals surface area (Å²) in [7, 11) is 0. The number of unbranched alkanes of at least 4 members (excludes halogenated alkanes) is 1. The minimum absolute atomic E-state index is 0.152. The zero-order valence-electron chi connectivity index (χ0n) is 11.0. The van der Waals surface area contributed by atoms with Crippen LogP contribution in [0.2, 0.25) is 0 Å². The van der Waals surface area contributed by atoms with E-state index in [1.807, 2.05) is 23.8 Å². The minimum atomic E-state index is -0.595. The Morgan fingerprint density at radius 3 is 2.84 bits per heavy atom. The summed E-state index contributed by atoms with van der Waals surface area (Å²) in [5, 5.41) is 6.34. The number of hydrogen-bond acceptors (Lipinski definition) is 5. The van der Waals surface area contributed by atoms with Gasteiger partial charge < -0.3 is 14.8 Å². The van der Waals surface area contributed by atoms with E-state index in [1.165, 1.54) is 0 Å². The molecule has 1 aromatic heterocycles. The summed E-state index contributed by atoms with van der Waals surface area (Å²) in [5.41, 5.74) is 1.14. The fourth-order valence-electron chi connectivity index (χ4n) is 1.27. The Labute approximate surface area is 116 Å². The van der Waals surface area contributed by atoms with Crippen molar-refractivity contribution in [2.24, 2.45) is 0 Å². The van der Waals surface area contributed by atoms with Crippen LogP contribution in [-0.4, -0.2) is 31.8 Å². The van der Waals surface area contributed by atoms with E-state index in [-0.39, 0.29) is 6.54 Å². The number of ether oxygens (including phenoxy) is 2. The smallest absolute Gasteiger partial charge is 0.407 e. The van der Waals surface area contributed by atoms with Crippen LogP contribution in [0.4, 0.5) is 4.79 Å². The third kappa shape index (κ3) is 7.46. The normalized spacial score (nSPS) is 9.95. The van der Waals surface area contributed by atoms with Gasteiger partial charge in [0.15, 0.2) is 0 Å². The molecule has 0 atom stereocenters. The molecule has 0 aliphatic rings. The topological polar surface area (TPSA) is 64.6 Å². The Morgan fingerprint density at radius 2 is 2.16 bits per heavy atom. The summed E-state index contributed by atoms with van der Waals surface area (Å²) in [5.74, 6) is -0.441. The van der Waals surface area contributed by atoms with Crippen LogP contribution in [0, 0.1) is 0 Å². The van der Waals surface area contributed by atoms with E-state index >= 15 is 0 Å². The molecule has 1 rings (SSSR count). The fourth-order valence-corrected chi connectivity index (χ4v) is 1.98. The highest BCUT2D eigenvalue weighted by atomic mass is 32.1. The van der Waals surface area contributed by atoms with Gasteiger partial charge in [0.05, 0.1) is 13.2 Å². The highest BCUT2D eigenvalue weighted by Crippen LogP contribution is 2.06. The first-order valence-electron chi connectivity index (χ1n) is 6.29. The van der Waals surface area contributed by atoms with Crippen molar-refractivity contribution in [3.8, 4) is 0 Å². The average molecular weight is 285 g/mol. The summed E-state index contributed by atoms with van der Waals surface area (Å²) < 4.78 is 9.83. The standard InChI is InChI=1S/C13H19NO4S/c1-2-3-6-17-12(15)9-14-13(16)18-7-4-11-5-8-19-10-11/h5,8,10H,2-4,6-7,9H2,1H3,(H,14,16). The second-order valence-corrected chi connectivity index (χ2v) is 4.73. The van der Waals surface area contributed by atoms with Gasteiger partial charge in [-0.3, -0.25) is 4.79 Å². The van der Waals surface area contributed by atoms with Crippen LogP contribution in [0.25, 0.3) is 0 Å². The van der Waals surface area contributed by atoms with E-state index in [1.54, 1.807) is 11.3 Å². The summed E-state index contributed by atoms with van der Waals surface area (Å²) in [4.78, 5) is 22.5. The van der Waals surface area contributed by atoms with Gasteiger partial charge in [0.1, 0.15) is 6.54 Å². The second kappa shape index (κ2) is 9.38. The quantitative estimate of drug-likeness (QED) is 0.588. The Kier molecular flexibility index (Phi) is 7.65. The molecule has 19 heavy (non-hydrogen) atoms. The van der Waals surface area contributed by atoms with Crippen LogP contribution in [0.3, 0.4) is 0 Å². The van der Waals surface area contributed by atoms with Gasteiger partial charge in [-0.2, -0.15) is 11.3 Å². The maximum absolute atomic E-state index is 11.3. The predicted octanol–water partition coefficient (Wildman–Crippen LogP) is 2.36. The number of esters is 1. The molecule has 0 saturated carbocycles. The maximum atomic E-state index is 11.3. The number of carbonyl (C=O) groups is 2. The highest BCUT2D eigenvalue weighted by molar-refractivity contribution is 7.07. The Bertz CT molecular complexity index is 378. The molecule has 0 aliphatic carbocycles. The van der Waals surface area contributed by atoms with Gasteiger partial charge in [0.2, 0.25) is 0 Å². The summed E-state index contributed by atoms with van der Waals surface area (Å²) >= 11 is 1.60. The molecule has 0 saturated heterocycles. The molecule has 1 heterocycles. The molecule has 0 aromatic carbocycles. The van der Waals surface area contributed by atoms with Crippen molar-refractivity contribution in [1.82, 2.24) is 5.32 Å². The van der Waals surface area contributed by atoms with Gasteiger partial charge in [-0.15, -0.1) is 0 Å². The van der Waals surface area contributed by atoms with Crippen LogP contribution < -0.4 is 5.32 Å². The number of hydrogen-bond donors (Lipinski definition) is 1. The van der Waals surface area contributed by atoms with E-state index in [9.17, 15) is 9.59 Å². The first-order valence-corrected chi connectivity index (χ1v) is 7.24. The molecule has 0 bridgehead atoms. The molecule has 0 aliphatic heterocycles. The minimum Gasteiger partial charge on any atom is -0.464 e. The molecular weight excluding hydrogens is 266 g/mol. The second-order valence-electron chi connectivity index (χ2n) is 3.95. The van der Waals surface area contributed by atoms with Crippen molar-refractivity contribution in [2.75, 3.05) is 19.8 Å². The molecule has 1 amide bonds. The number of rotatable bonds is 8. The van der Waals surface area contributed by atoms with Crippen LogP contribution in [0.15, 0.2) is 16.8 Å². The molecular formula is C13H19NO4S. The first-order chi connectivity index (χ1) is 9.22. The van der Waals surface area contributed by atoms with Crippen LogP contribution in [0.1, 0.15) is 25.3 Å². The number of nitrogens with one attached hydrogen (secondary N) is 1. The van der Waals surface area contributed by atoms with Crippen molar-refractivity contribution in [2.45, 2.75) is 26.2 Å². The average Bonchev–Trinajstić information content (AvgIpc) is 2.90. The van der Waals surface area contributed by atoms with E-state index in [2.05, 4.69) is 5.32 Å². The van der Waals surface area contributed by atoms with Crippen molar-refractivity contribution in [1.29, 1.82) is 0 Å². The molecule has 0 radical (unpaired) electrons. The van der Waals surface area contributed by atoms with Crippen molar-refractivity contribution in [3.63, 3.8) is 0 Å². The maximum Gasteiger partial charge on any atom is 0.407 e. The predicted molar refractivity (Wildman–Crippen MR) is 73.2 cm³/mol. The van der Waals surface area contributed by atoms with Gasteiger partial charge in [-0.05, 0) is 28.8 Å². The lowest BCUT2D eigenvalue weighted by Gasteiger charge is -2.06. The third-order valence-corrected chi connectivity index (χ3v) is 3.07. The van der Waals surface area contributed by atoms with E-state index in [0.29, 0.717) is 19.6 Å².